The summed E-state index contributed by atoms with van der Waals surface area (Å²) in [6.45, 7) is 1.65. The third kappa shape index (κ3) is 0.744. The van der Waals surface area contributed by atoms with Gasteiger partial charge in [0, 0.05) is 7.05 Å². The number of aromatic nitrogens is 5. The molecule has 0 aliphatic heterocycles. The molecule has 2 aromatic heterocycles. The van der Waals surface area contributed by atoms with Gasteiger partial charge >= 0.3 is 0 Å². The van der Waals surface area contributed by atoms with Gasteiger partial charge in [-0.1, -0.05) is 0 Å². The minimum Gasteiger partial charge on any atom is -0.277 e. The first-order valence-corrected chi connectivity index (χ1v) is 3.44. The summed E-state index contributed by atoms with van der Waals surface area (Å²) in [6, 6.07) is 0. The summed E-state index contributed by atoms with van der Waals surface area (Å²) in [6.07, 6.45) is 1.46. The lowest BCUT2D eigenvalue weighted by Gasteiger charge is -1.98. The molecule has 2 heterocycles. The highest BCUT2D eigenvalue weighted by Gasteiger charge is 2.04. The van der Waals surface area contributed by atoms with Crippen molar-refractivity contribution in [1.82, 2.24) is 24.4 Å². The lowest BCUT2D eigenvalue weighted by molar-refractivity contribution is 0.752. The highest BCUT2D eigenvalue weighted by atomic mass is 16.1. The van der Waals surface area contributed by atoms with Crippen molar-refractivity contribution in [2.24, 2.45) is 7.05 Å². The van der Waals surface area contributed by atoms with Crippen LogP contribution in [0.2, 0.25) is 0 Å². The van der Waals surface area contributed by atoms with E-state index in [4.69, 9.17) is 0 Å². The van der Waals surface area contributed by atoms with Crippen LogP contribution in [0.1, 0.15) is 5.69 Å². The summed E-state index contributed by atoms with van der Waals surface area (Å²) in [4.78, 5) is 11.3. The van der Waals surface area contributed by atoms with E-state index in [-0.39, 0.29) is 5.56 Å². The van der Waals surface area contributed by atoms with Crippen molar-refractivity contribution in [3.63, 3.8) is 0 Å². The Hall–Kier alpha value is -1.72. The highest BCUT2D eigenvalue weighted by Crippen LogP contribution is 1.90. The molecule has 12 heavy (non-hydrogen) atoms. The molecule has 6 nitrogen and oxygen atoms in total. The van der Waals surface area contributed by atoms with Crippen molar-refractivity contribution in [2.75, 3.05) is 0 Å². The van der Waals surface area contributed by atoms with E-state index >= 15 is 0 Å². The van der Waals surface area contributed by atoms with E-state index in [1.165, 1.54) is 15.4 Å². The maximum atomic E-state index is 11.3. The van der Waals surface area contributed by atoms with Crippen molar-refractivity contribution in [1.29, 1.82) is 0 Å². The largest absolute Gasteiger partial charge is 0.277 e. The average molecular weight is 165 g/mol. The van der Waals surface area contributed by atoms with Crippen LogP contribution in [0.15, 0.2) is 11.1 Å². The summed E-state index contributed by atoms with van der Waals surface area (Å²) in [5.41, 5.74) is 0.292. The summed E-state index contributed by atoms with van der Waals surface area (Å²) in [5, 5.41) is 11.3. The molecule has 0 unspecified atom stereocenters. The molecule has 0 amide bonds. The second kappa shape index (κ2) is 2.13. The van der Waals surface area contributed by atoms with Gasteiger partial charge in [-0.15, -0.1) is 10.2 Å². The minimum atomic E-state index is -0.143. The molecule has 62 valence electrons. The Morgan fingerprint density at radius 3 is 3.00 bits per heavy atom. The first kappa shape index (κ1) is 6.96. The maximum absolute atomic E-state index is 11.3. The van der Waals surface area contributed by atoms with Gasteiger partial charge in [0.15, 0.2) is 0 Å². The summed E-state index contributed by atoms with van der Waals surface area (Å²) >= 11 is 0. The quantitative estimate of drug-likeness (QED) is 0.509. The molecule has 0 N–H and O–H groups in total. The van der Waals surface area contributed by atoms with Crippen LogP contribution in [-0.2, 0) is 7.05 Å². The fourth-order valence-electron chi connectivity index (χ4n) is 1.05. The van der Waals surface area contributed by atoms with Gasteiger partial charge in [-0.05, 0) is 6.92 Å². The molecule has 0 saturated heterocycles. The van der Waals surface area contributed by atoms with Gasteiger partial charge in [-0.25, -0.2) is 0 Å². The maximum Gasteiger partial charge on any atom is 0.276 e. The fraction of sp³-hybridized carbons (Fsp3) is 0.333. The van der Waals surface area contributed by atoms with Crippen LogP contribution in [0.5, 0.6) is 0 Å². The van der Waals surface area contributed by atoms with Gasteiger partial charge in [0.25, 0.3) is 11.3 Å². The average Bonchev–Trinajstić information content (AvgIpc) is 2.48. The zero-order valence-electron chi connectivity index (χ0n) is 6.72. The molecule has 0 aromatic carbocycles. The molecule has 2 rings (SSSR count). The second-order valence-electron chi connectivity index (χ2n) is 2.53. The van der Waals surface area contributed by atoms with Crippen LogP contribution in [-0.4, -0.2) is 24.4 Å². The number of nitrogens with zero attached hydrogens (tertiary/aromatic N) is 5. The van der Waals surface area contributed by atoms with Crippen LogP contribution in [0, 0.1) is 6.92 Å². The van der Waals surface area contributed by atoms with Crippen LogP contribution >= 0.6 is 0 Å². The summed E-state index contributed by atoms with van der Waals surface area (Å²) in [7, 11) is 1.64. The van der Waals surface area contributed by atoms with Gasteiger partial charge in [-0.2, -0.15) is 9.61 Å². The molecule has 6 heteroatoms. The Morgan fingerprint density at radius 1 is 1.50 bits per heavy atom. The van der Waals surface area contributed by atoms with Crippen molar-refractivity contribution in [3.8, 4) is 0 Å². The number of hydrogen-bond donors (Lipinski definition) is 0. The Morgan fingerprint density at radius 2 is 2.25 bits per heavy atom. The zero-order chi connectivity index (χ0) is 8.72. The Bertz CT molecular complexity index is 482. The second-order valence-corrected chi connectivity index (χ2v) is 2.53. The third-order valence-corrected chi connectivity index (χ3v) is 1.68. The van der Waals surface area contributed by atoms with E-state index in [1.54, 1.807) is 14.0 Å². The molecule has 0 spiro atoms. The predicted molar refractivity (Wildman–Crippen MR) is 40.8 cm³/mol. The number of aryl methyl sites for hydroxylation is 2. The molecular formula is C6H7N5O. The molecule has 0 saturated carbocycles. The van der Waals surface area contributed by atoms with Crippen LogP contribution < -0.4 is 5.56 Å². The summed E-state index contributed by atoms with van der Waals surface area (Å²) < 4.78 is 2.88. The van der Waals surface area contributed by atoms with Gasteiger partial charge in [-0.3, -0.25) is 9.36 Å². The monoisotopic (exact) mass is 165 g/mol. The third-order valence-electron chi connectivity index (χ3n) is 1.68. The van der Waals surface area contributed by atoms with Crippen LogP contribution in [0.3, 0.4) is 0 Å². The highest BCUT2D eigenvalue weighted by molar-refractivity contribution is 5.24. The molecule has 0 atom stereocenters. The minimum absolute atomic E-state index is 0.143. The van der Waals surface area contributed by atoms with Gasteiger partial charge in [0.2, 0.25) is 0 Å². The smallest absolute Gasteiger partial charge is 0.276 e. The van der Waals surface area contributed by atoms with Crippen LogP contribution in [0.25, 0.3) is 5.78 Å². The standard InChI is InChI=1S/C6H7N5O/c1-4-5(12)10(2)6-8-7-3-11(6)9-4/h3H,1-2H3. The molecule has 0 aliphatic carbocycles. The van der Waals surface area contributed by atoms with E-state index in [9.17, 15) is 4.79 Å². The van der Waals surface area contributed by atoms with E-state index in [1.807, 2.05) is 0 Å². The molecule has 0 fully saturated rings. The summed E-state index contributed by atoms with van der Waals surface area (Å²) in [5.74, 6) is 0.450. The molecular weight excluding hydrogens is 158 g/mol. The van der Waals surface area contributed by atoms with Gasteiger partial charge < -0.3 is 0 Å². The molecule has 0 aliphatic rings. The molecule has 2 aromatic rings. The van der Waals surface area contributed by atoms with E-state index in [2.05, 4.69) is 15.3 Å². The number of rotatable bonds is 0. The number of fused-ring (bicyclic) bond motifs is 1. The first-order chi connectivity index (χ1) is 5.70. The van der Waals surface area contributed by atoms with Crippen molar-refractivity contribution >= 4 is 5.78 Å². The Balaban J connectivity index is 3.05. The Labute approximate surface area is 67.5 Å². The normalized spacial score (nSPS) is 10.8. The topological polar surface area (TPSA) is 65.1 Å². The predicted octanol–water partition coefficient (Wildman–Crippen LogP) is -0.869. The van der Waals surface area contributed by atoms with E-state index < -0.39 is 0 Å². The lowest BCUT2D eigenvalue weighted by atomic mass is 10.5. The molecule has 0 radical (unpaired) electrons. The lowest BCUT2D eigenvalue weighted by Crippen LogP contribution is -2.23. The van der Waals surface area contributed by atoms with Crippen molar-refractivity contribution < 1.29 is 0 Å². The van der Waals surface area contributed by atoms with Crippen molar-refractivity contribution in [2.45, 2.75) is 6.92 Å². The molecule has 0 bridgehead atoms. The Kier molecular flexibility index (Phi) is 1.24. The van der Waals surface area contributed by atoms with Crippen LogP contribution in [0.4, 0.5) is 0 Å². The van der Waals surface area contributed by atoms with E-state index in [0.29, 0.717) is 11.5 Å². The van der Waals surface area contributed by atoms with Gasteiger partial charge in [0.1, 0.15) is 12.0 Å². The van der Waals surface area contributed by atoms with Crippen molar-refractivity contribution in [3.05, 3.63) is 22.4 Å². The van der Waals surface area contributed by atoms with E-state index in [0.717, 1.165) is 0 Å². The zero-order valence-corrected chi connectivity index (χ0v) is 6.72. The first-order valence-electron chi connectivity index (χ1n) is 3.44. The number of hydrogen-bond acceptors (Lipinski definition) is 4. The van der Waals surface area contributed by atoms with Gasteiger partial charge in [0.05, 0.1) is 0 Å². The fourth-order valence-corrected chi connectivity index (χ4v) is 1.05. The SMILES string of the molecule is Cc1nn2cnnc2n(C)c1=O.